The van der Waals surface area contributed by atoms with Crippen molar-refractivity contribution in [2.45, 2.75) is 52.5 Å². The molecule has 142 valence electrons. The first-order valence-electron chi connectivity index (χ1n) is 9.00. The van der Waals surface area contributed by atoms with Crippen molar-refractivity contribution in [1.82, 2.24) is 5.32 Å². The number of nitrogens with zero attached hydrogens (tertiary/aromatic N) is 1. The van der Waals surface area contributed by atoms with Gasteiger partial charge in [-0.25, -0.2) is 4.79 Å². The van der Waals surface area contributed by atoms with Crippen LogP contribution in [0.15, 0.2) is 18.2 Å². The van der Waals surface area contributed by atoms with Crippen molar-refractivity contribution in [1.29, 1.82) is 0 Å². The Balaban J connectivity index is 2.15. The maximum atomic E-state index is 12.7. The van der Waals surface area contributed by atoms with E-state index in [-0.39, 0.29) is 18.2 Å². The normalized spacial score (nSPS) is 19.2. The van der Waals surface area contributed by atoms with Crippen molar-refractivity contribution in [3.05, 3.63) is 29.3 Å². The Morgan fingerprint density at radius 3 is 2.65 bits per heavy atom. The number of hydrogen-bond acceptors (Lipinski definition) is 4. The fourth-order valence-electron chi connectivity index (χ4n) is 3.46. The van der Waals surface area contributed by atoms with E-state index < -0.39 is 17.4 Å². The second-order valence-corrected chi connectivity index (χ2v) is 7.19. The minimum Gasteiger partial charge on any atom is -0.467 e. The summed E-state index contributed by atoms with van der Waals surface area (Å²) in [6.07, 6.45) is 1.35. The van der Waals surface area contributed by atoms with Gasteiger partial charge in [0.1, 0.15) is 5.54 Å². The molecular formula is C20H28N2O4. The van der Waals surface area contributed by atoms with Gasteiger partial charge in [-0.1, -0.05) is 25.5 Å². The summed E-state index contributed by atoms with van der Waals surface area (Å²) in [4.78, 5) is 39.0. The largest absolute Gasteiger partial charge is 0.467 e. The molecule has 0 saturated carbocycles. The maximum Gasteiger partial charge on any atom is 0.331 e. The van der Waals surface area contributed by atoms with Crippen molar-refractivity contribution in [2.24, 2.45) is 5.92 Å². The van der Waals surface area contributed by atoms with E-state index in [9.17, 15) is 14.4 Å². The van der Waals surface area contributed by atoms with Crippen molar-refractivity contribution >= 4 is 23.5 Å². The molecule has 2 amide bonds. The molecule has 6 heteroatoms. The summed E-state index contributed by atoms with van der Waals surface area (Å²) in [7, 11) is 1.31. The molecule has 0 radical (unpaired) electrons. The lowest BCUT2D eigenvalue weighted by Gasteiger charge is -2.29. The molecule has 0 spiro atoms. The number of benzene rings is 1. The van der Waals surface area contributed by atoms with Crippen LogP contribution in [-0.4, -0.2) is 37.0 Å². The average molecular weight is 360 g/mol. The Hall–Kier alpha value is -2.37. The van der Waals surface area contributed by atoms with Crippen LogP contribution in [-0.2, 0) is 19.1 Å². The number of carbonyl (C=O) groups excluding carboxylic acids is 3. The average Bonchev–Trinajstić information content (AvgIpc) is 2.98. The van der Waals surface area contributed by atoms with E-state index in [0.29, 0.717) is 13.0 Å². The van der Waals surface area contributed by atoms with Crippen molar-refractivity contribution < 1.29 is 19.1 Å². The van der Waals surface area contributed by atoms with Crippen LogP contribution >= 0.6 is 0 Å². The lowest BCUT2D eigenvalue weighted by atomic mass is 9.94. The van der Waals surface area contributed by atoms with E-state index in [4.69, 9.17) is 4.74 Å². The molecular weight excluding hydrogens is 332 g/mol. The number of esters is 1. The number of amides is 2. The Morgan fingerprint density at radius 1 is 1.35 bits per heavy atom. The predicted molar refractivity (Wildman–Crippen MR) is 99.8 cm³/mol. The molecule has 1 heterocycles. The monoisotopic (exact) mass is 360 g/mol. The van der Waals surface area contributed by atoms with Crippen LogP contribution in [0.5, 0.6) is 0 Å². The first-order valence-corrected chi connectivity index (χ1v) is 9.00. The van der Waals surface area contributed by atoms with Crippen LogP contribution in [0.3, 0.4) is 0 Å². The van der Waals surface area contributed by atoms with Crippen LogP contribution in [0.4, 0.5) is 5.69 Å². The molecule has 6 nitrogen and oxygen atoms in total. The van der Waals surface area contributed by atoms with Gasteiger partial charge in [0.15, 0.2) is 0 Å². The highest BCUT2D eigenvalue weighted by atomic mass is 16.5. The first kappa shape index (κ1) is 19.9. The lowest BCUT2D eigenvalue weighted by Crippen LogP contribution is -2.54. The molecule has 1 aliphatic heterocycles. The van der Waals surface area contributed by atoms with Gasteiger partial charge >= 0.3 is 5.97 Å². The molecule has 26 heavy (non-hydrogen) atoms. The molecule has 1 N–H and O–H groups in total. The number of hydrogen-bond donors (Lipinski definition) is 1. The lowest BCUT2D eigenvalue weighted by molar-refractivity contribution is -0.151. The summed E-state index contributed by atoms with van der Waals surface area (Å²) in [6.45, 7) is 7.89. The molecule has 2 atom stereocenters. The molecule has 0 bridgehead atoms. The molecule has 0 aromatic heterocycles. The number of methoxy groups -OCH3 is 1. The molecule has 2 unspecified atom stereocenters. The zero-order chi connectivity index (χ0) is 19.5. The van der Waals surface area contributed by atoms with E-state index in [1.165, 1.54) is 7.11 Å². The molecule has 1 saturated heterocycles. The van der Waals surface area contributed by atoms with Gasteiger partial charge < -0.3 is 15.0 Å². The van der Waals surface area contributed by atoms with E-state index in [0.717, 1.165) is 23.2 Å². The molecule has 1 aromatic carbocycles. The van der Waals surface area contributed by atoms with E-state index in [2.05, 4.69) is 5.32 Å². The van der Waals surface area contributed by atoms with E-state index >= 15 is 0 Å². The highest BCUT2D eigenvalue weighted by Crippen LogP contribution is 2.30. The van der Waals surface area contributed by atoms with E-state index in [1.54, 1.807) is 11.8 Å². The van der Waals surface area contributed by atoms with Gasteiger partial charge in [0.25, 0.3) is 0 Å². The number of rotatable bonds is 6. The number of anilines is 1. The van der Waals surface area contributed by atoms with Crippen molar-refractivity contribution in [2.75, 3.05) is 18.6 Å². The van der Waals surface area contributed by atoms with Crippen LogP contribution < -0.4 is 10.2 Å². The number of aryl methyl sites for hydroxylation is 1. The zero-order valence-electron chi connectivity index (χ0n) is 16.2. The highest BCUT2D eigenvalue weighted by Gasteiger charge is 2.41. The van der Waals surface area contributed by atoms with Crippen LogP contribution in [0.2, 0.25) is 0 Å². The Bertz CT molecular complexity index is 716. The van der Waals surface area contributed by atoms with Gasteiger partial charge in [-0.15, -0.1) is 0 Å². The van der Waals surface area contributed by atoms with Crippen molar-refractivity contribution in [3.63, 3.8) is 0 Å². The van der Waals surface area contributed by atoms with Gasteiger partial charge in [0.05, 0.1) is 13.0 Å². The summed E-state index contributed by atoms with van der Waals surface area (Å²) in [6, 6.07) is 5.81. The fraction of sp³-hybridized carbons (Fsp3) is 0.550. The van der Waals surface area contributed by atoms with Gasteiger partial charge in [-0.05, 0) is 44.4 Å². The van der Waals surface area contributed by atoms with Gasteiger partial charge in [0, 0.05) is 18.7 Å². The van der Waals surface area contributed by atoms with Gasteiger partial charge in [-0.2, -0.15) is 0 Å². The minimum atomic E-state index is -1.07. The summed E-state index contributed by atoms with van der Waals surface area (Å²) in [5.41, 5.74) is 1.90. The van der Waals surface area contributed by atoms with Gasteiger partial charge in [-0.3, -0.25) is 9.59 Å². The van der Waals surface area contributed by atoms with Crippen molar-refractivity contribution in [3.8, 4) is 0 Å². The summed E-state index contributed by atoms with van der Waals surface area (Å²) < 4.78 is 4.84. The predicted octanol–water partition coefficient (Wildman–Crippen LogP) is 2.50. The third-order valence-electron chi connectivity index (χ3n) is 5.15. The molecule has 1 aliphatic rings. The zero-order valence-corrected chi connectivity index (χ0v) is 16.2. The standard InChI is InChI=1S/C20H28N2O4/c1-6-10-20(4,19(25)26-5)21-18(24)15-11-17(23)22(12-15)16-9-7-8-13(2)14(16)3/h7-9,15H,6,10-12H2,1-5H3,(H,21,24). The minimum absolute atomic E-state index is 0.0749. The first-order chi connectivity index (χ1) is 12.2. The fourth-order valence-corrected chi connectivity index (χ4v) is 3.46. The summed E-state index contributed by atoms with van der Waals surface area (Å²) >= 11 is 0. The Labute approximate surface area is 154 Å². The third-order valence-corrected chi connectivity index (χ3v) is 5.15. The number of carbonyl (C=O) groups is 3. The van der Waals surface area contributed by atoms with E-state index in [1.807, 2.05) is 39.0 Å². The molecule has 0 aliphatic carbocycles. The highest BCUT2D eigenvalue weighted by molar-refractivity contribution is 6.01. The Kier molecular flexibility index (Phi) is 6.05. The molecule has 2 rings (SSSR count). The quantitative estimate of drug-likeness (QED) is 0.791. The van der Waals surface area contributed by atoms with Crippen LogP contribution in [0.25, 0.3) is 0 Å². The summed E-state index contributed by atoms with van der Waals surface area (Å²) in [5.74, 6) is -1.31. The van der Waals surface area contributed by atoms with Crippen LogP contribution in [0.1, 0.15) is 44.2 Å². The third kappa shape index (κ3) is 3.89. The molecule has 1 aromatic rings. The molecule has 1 fully saturated rings. The Morgan fingerprint density at radius 2 is 2.04 bits per heavy atom. The second kappa shape index (κ2) is 7.89. The van der Waals surface area contributed by atoms with Gasteiger partial charge in [0.2, 0.25) is 11.8 Å². The number of ether oxygens (including phenoxy) is 1. The SMILES string of the molecule is CCCC(C)(NC(=O)C1CC(=O)N(c2cccc(C)c2C)C1)C(=O)OC. The smallest absolute Gasteiger partial charge is 0.331 e. The topological polar surface area (TPSA) is 75.7 Å². The maximum absolute atomic E-state index is 12.7. The van der Waals surface area contributed by atoms with Crippen LogP contribution in [0, 0.1) is 19.8 Å². The number of nitrogens with one attached hydrogen (secondary N) is 1. The summed E-state index contributed by atoms with van der Waals surface area (Å²) in [5, 5.41) is 2.81. The second-order valence-electron chi connectivity index (χ2n) is 7.19.